The van der Waals surface area contributed by atoms with Crippen LogP contribution in [0.25, 0.3) is 11.0 Å². The lowest BCUT2D eigenvalue weighted by Gasteiger charge is -2.06. The van der Waals surface area contributed by atoms with Crippen LogP contribution in [-0.2, 0) is 6.54 Å². The number of aryl methyl sites for hydroxylation is 1. The summed E-state index contributed by atoms with van der Waals surface area (Å²) in [5, 5.41) is 2.97. The SMILES string of the molecule is COc1cc2c(cc1F)nc(N)n2Cc1csc(C)n1. The fourth-order valence-corrected chi connectivity index (χ4v) is 2.71. The van der Waals surface area contributed by atoms with Crippen LogP contribution in [0.2, 0.25) is 0 Å². The number of hydrogen-bond acceptors (Lipinski definition) is 5. The number of hydrogen-bond donors (Lipinski definition) is 1. The third kappa shape index (κ3) is 2.09. The summed E-state index contributed by atoms with van der Waals surface area (Å²) in [6.45, 7) is 2.45. The summed E-state index contributed by atoms with van der Waals surface area (Å²) in [5.74, 6) is 0.0561. The van der Waals surface area contributed by atoms with Crippen molar-refractivity contribution in [2.24, 2.45) is 0 Å². The molecule has 0 unspecified atom stereocenters. The number of nitrogens with two attached hydrogens (primary N) is 1. The number of nitrogen functional groups attached to an aromatic ring is 1. The molecule has 0 bridgehead atoms. The van der Waals surface area contributed by atoms with Gasteiger partial charge in [-0.1, -0.05) is 0 Å². The number of methoxy groups -OCH3 is 1. The summed E-state index contributed by atoms with van der Waals surface area (Å²) in [4.78, 5) is 8.58. The molecule has 0 amide bonds. The number of benzene rings is 1. The highest BCUT2D eigenvalue weighted by Crippen LogP contribution is 2.27. The molecule has 0 aliphatic carbocycles. The number of imidazole rings is 1. The van der Waals surface area contributed by atoms with Crippen LogP contribution in [0.15, 0.2) is 17.5 Å². The normalized spacial score (nSPS) is 11.2. The molecule has 0 radical (unpaired) electrons. The maximum absolute atomic E-state index is 13.7. The Balaban J connectivity index is 2.11. The number of halogens is 1. The van der Waals surface area contributed by atoms with Gasteiger partial charge < -0.3 is 15.0 Å². The molecular weight excluding hydrogens is 279 g/mol. The number of rotatable bonds is 3. The highest BCUT2D eigenvalue weighted by molar-refractivity contribution is 7.09. The topological polar surface area (TPSA) is 66.0 Å². The molecule has 0 fully saturated rings. The average Bonchev–Trinajstić information content (AvgIpc) is 2.94. The Kier molecular flexibility index (Phi) is 3.06. The monoisotopic (exact) mass is 292 g/mol. The smallest absolute Gasteiger partial charge is 0.201 e. The van der Waals surface area contributed by atoms with Crippen LogP contribution in [0.3, 0.4) is 0 Å². The zero-order valence-electron chi connectivity index (χ0n) is 11.1. The number of anilines is 1. The van der Waals surface area contributed by atoms with E-state index in [0.29, 0.717) is 18.0 Å². The van der Waals surface area contributed by atoms with Crippen molar-refractivity contribution in [3.05, 3.63) is 34.0 Å². The molecule has 5 nitrogen and oxygen atoms in total. The minimum Gasteiger partial charge on any atom is -0.494 e. The second kappa shape index (κ2) is 4.75. The van der Waals surface area contributed by atoms with Crippen molar-refractivity contribution in [3.63, 3.8) is 0 Å². The lowest BCUT2D eigenvalue weighted by Crippen LogP contribution is -2.05. The van der Waals surface area contributed by atoms with Crippen molar-refractivity contribution in [1.29, 1.82) is 0 Å². The van der Waals surface area contributed by atoms with E-state index in [4.69, 9.17) is 10.5 Å². The Bertz CT molecular complexity index is 780. The Morgan fingerprint density at radius 1 is 1.40 bits per heavy atom. The molecule has 0 saturated carbocycles. The summed E-state index contributed by atoms with van der Waals surface area (Å²) >= 11 is 1.58. The van der Waals surface area contributed by atoms with Crippen LogP contribution >= 0.6 is 11.3 Å². The largest absolute Gasteiger partial charge is 0.494 e. The van der Waals surface area contributed by atoms with Crippen LogP contribution in [0.5, 0.6) is 5.75 Å². The van der Waals surface area contributed by atoms with Crippen LogP contribution in [0, 0.1) is 12.7 Å². The van der Waals surface area contributed by atoms with Crippen molar-refractivity contribution < 1.29 is 9.13 Å². The first-order chi connectivity index (χ1) is 9.58. The van der Waals surface area contributed by atoms with Crippen molar-refractivity contribution >= 4 is 28.3 Å². The predicted molar refractivity (Wildman–Crippen MR) is 76.6 cm³/mol. The van der Waals surface area contributed by atoms with E-state index < -0.39 is 5.82 Å². The van der Waals surface area contributed by atoms with Crippen LogP contribution in [-0.4, -0.2) is 21.6 Å². The second-order valence-corrected chi connectivity index (χ2v) is 5.45. The zero-order chi connectivity index (χ0) is 14.3. The molecule has 20 heavy (non-hydrogen) atoms. The van der Waals surface area contributed by atoms with Gasteiger partial charge in [-0.05, 0) is 6.92 Å². The Labute approximate surface area is 118 Å². The first-order valence-corrected chi connectivity index (χ1v) is 6.86. The molecule has 104 valence electrons. The second-order valence-electron chi connectivity index (χ2n) is 4.39. The maximum Gasteiger partial charge on any atom is 0.201 e. The number of ether oxygens (including phenoxy) is 1. The standard InChI is InChI=1S/C13H13FN4OS/c1-7-16-8(6-20-7)5-18-11-4-12(19-2)9(14)3-10(11)17-13(18)15/h3-4,6H,5H2,1-2H3,(H2,15,17). The Morgan fingerprint density at radius 2 is 2.20 bits per heavy atom. The van der Waals surface area contributed by atoms with Gasteiger partial charge >= 0.3 is 0 Å². The molecule has 2 N–H and O–H groups in total. The van der Waals surface area contributed by atoms with Gasteiger partial charge in [0.05, 0.1) is 35.4 Å². The minimum absolute atomic E-state index is 0.174. The van der Waals surface area contributed by atoms with E-state index >= 15 is 0 Å². The number of aromatic nitrogens is 3. The van der Waals surface area contributed by atoms with Gasteiger partial charge in [0.15, 0.2) is 11.6 Å². The van der Waals surface area contributed by atoms with Crippen LogP contribution < -0.4 is 10.5 Å². The van der Waals surface area contributed by atoms with E-state index in [0.717, 1.165) is 16.2 Å². The van der Waals surface area contributed by atoms with Gasteiger partial charge in [-0.2, -0.15) is 0 Å². The molecule has 7 heteroatoms. The van der Waals surface area contributed by atoms with Crippen molar-refractivity contribution in [1.82, 2.24) is 14.5 Å². The Morgan fingerprint density at radius 3 is 2.85 bits per heavy atom. The number of thiazole rings is 1. The van der Waals surface area contributed by atoms with E-state index in [-0.39, 0.29) is 5.75 Å². The molecule has 3 rings (SSSR count). The van der Waals surface area contributed by atoms with Gasteiger partial charge in [0, 0.05) is 17.5 Å². The molecule has 1 aromatic carbocycles. The van der Waals surface area contributed by atoms with Gasteiger partial charge in [-0.15, -0.1) is 11.3 Å². The molecule has 0 spiro atoms. The van der Waals surface area contributed by atoms with E-state index in [1.807, 2.05) is 12.3 Å². The molecule has 0 saturated heterocycles. The molecule has 3 aromatic rings. The van der Waals surface area contributed by atoms with E-state index in [1.165, 1.54) is 13.2 Å². The third-order valence-electron chi connectivity index (χ3n) is 3.04. The fraction of sp³-hybridized carbons (Fsp3) is 0.231. The average molecular weight is 292 g/mol. The summed E-state index contributed by atoms with van der Waals surface area (Å²) in [6.07, 6.45) is 0. The first-order valence-electron chi connectivity index (χ1n) is 5.98. The van der Waals surface area contributed by atoms with Gasteiger partial charge in [0.1, 0.15) is 0 Å². The lowest BCUT2D eigenvalue weighted by molar-refractivity contribution is 0.387. The third-order valence-corrected chi connectivity index (χ3v) is 3.86. The summed E-state index contributed by atoms with van der Waals surface area (Å²) in [6, 6.07) is 2.93. The quantitative estimate of drug-likeness (QED) is 0.805. The summed E-state index contributed by atoms with van der Waals surface area (Å²) < 4.78 is 20.5. The van der Waals surface area contributed by atoms with Gasteiger partial charge in [0.2, 0.25) is 5.95 Å². The molecule has 0 aliphatic rings. The van der Waals surface area contributed by atoms with Crippen LogP contribution in [0.4, 0.5) is 10.3 Å². The van der Waals surface area contributed by atoms with Crippen molar-refractivity contribution in [3.8, 4) is 5.75 Å². The van der Waals surface area contributed by atoms with Gasteiger partial charge in [-0.25, -0.2) is 14.4 Å². The molecule has 0 aliphatic heterocycles. The predicted octanol–water partition coefficient (Wildman–Crippen LogP) is 2.58. The van der Waals surface area contributed by atoms with Gasteiger partial charge in [0.25, 0.3) is 0 Å². The highest BCUT2D eigenvalue weighted by atomic mass is 32.1. The number of nitrogens with zero attached hydrogens (tertiary/aromatic N) is 3. The summed E-state index contributed by atoms with van der Waals surface area (Å²) in [7, 11) is 1.43. The van der Waals surface area contributed by atoms with Crippen LogP contribution in [0.1, 0.15) is 10.7 Å². The number of fused-ring (bicyclic) bond motifs is 1. The van der Waals surface area contributed by atoms with Crippen molar-refractivity contribution in [2.45, 2.75) is 13.5 Å². The fourth-order valence-electron chi connectivity index (χ4n) is 2.11. The van der Waals surface area contributed by atoms with Gasteiger partial charge in [-0.3, -0.25) is 0 Å². The first kappa shape index (κ1) is 12.9. The highest BCUT2D eigenvalue weighted by Gasteiger charge is 2.14. The van der Waals surface area contributed by atoms with E-state index in [2.05, 4.69) is 9.97 Å². The molecule has 2 aromatic heterocycles. The van der Waals surface area contributed by atoms with E-state index in [9.17, 15) is 4.39 Å². The van der Waals surface area contributed by atoms with Crippen molar-refractivity contribution in [2.75, 3.05) is 12.8 Å². The lowest BCUT2D eigenvalue weighted by atomic mass is 10.3. The maximum atomic E-state index is 13.7. The molecule has 0 atom stereocenters. The minimum atomic E-state index is -0.450. The molecule has 2 heterocycles. The van der Waals surface area contributed by atoms with E-state index in [1.54, 1.807) is 22.0 Å². The molecular formula is C13H13FN4OS. The Hall–Kier alpha value is -2.15. The zero-order valence-corrected chi connectivity index (χ0v) is 11.9. The summed E-state index contributed by atoms with van der Waals surface area (Å²) in [5.41, 5.74) is 8.05.